The summed E-state index contributed by atoms with van der Waals surface area (Å²) in [5, 5.41) is 10.6. The van der Waals surface area contributed by atoms with E-state index in [4.69, 9.17) is 0 Å². The molecule has 3 amide bonds. The molecule has 0 aliphatic heterocycles. The van der Waals surface area contributed by atoms with Crippen molar-refractivity contribution >= 4 is 39.9 Å². The molecule has 31 heavy (non-hydrogen) atoms. The zero-order chi connectivity index (χ0) is 21.4. The van der Waals surface area contributed by atoms with E-state index in [2.05, 4.69) is 16.0 Å². The van der Waals surface area contributed by atoms with E-state index in [1.807, 2.05) is 30.3 Å². The van der Waals surface area contributed by atoms with Crippen molar-refractivity contribution in [1.29, 1.82) is 0 Å². The van der Waals surface area contributed by atoms with Gasteiger partial charge in [0.15, 0.2) is 0 Å². The van der Waals surface area contributed by atoms with Crippen molar-refractivity contribution in [2.75, 3.05) is 10.6 Å². The molecule has 0 bridgehead atoms. The number of benzene rings is 3. The van der Waals surface area contributed by atoms with E-state index in [1.165, 1.54) is 0 Å². The van der Waals surface area contributed by atoms with Gasteiger partial charge in [0.2, 0.25) is 5.91 Å². The average molecular weight is 413 g/mol. The average Bonchev–Trinajstić information content (AvgIpc) is 3.68. The van der Waals surface area contributed by atoms with Crippen LogP contribution in [0.2, 0.25) is 0 Å². The van der Waals surface area contributed by atoms with Crippen LogP contribution in [0, 0.1) is 5.92 Å². The second-order valence-corrected chi connectivity index (χ2v) is 8.29. The van der Waals surface area contributed by atoms with Crippen LogP contribution in [-0.4, -0.2) is 23.8 Å². The number of nitrogens with one attached hydrogen (secondary N) is 3. The molecule has 0 spiro atoms. The fourth-order valence-electron chi connectivity index (χ4n) is 3.54. The summed E-state index contributed by atoms with van der Waals surface area (Å²) in [7, 11) is 0. The molecule has 3 aromatic rings. The molecule has 6 heteroatoms. The summed E-state index contributed by atoms with van der Waals surface area (Å²) in [5.74, 6) is -0.495. The van der Waals surface area contributed by atoms with Crippen LogP contribution < -0.4 is 16.0 Å². The van der Waals surface area contributed by atoms with Gasteiger partial charge >= 0.3 is 0 Å². The van der Waals surface area contributed by atoms with Crippen molar-refractivity contribution in [3.8, 4) is 0 Å². The number of hydrogen-bond donors (Lipinski definition) is 3. The molecule has 0 atom stereocenters. The molecule has 2 aliphatic rings. The van der Waals surface area contributed by atoms with E-state index in [9.17, 15) is 14.4 Å². The minimum atomic E-state index is -0.336. The van der Waals surface area contributed by atoms with Crippen LogP contribution in [0.25, 0.3) is 10.8 Å². The Balaban J connectivity index is 1.41. The molecule has 2 saturated carbocycles. The van der Waals surface area contributed by atoms with E-state index < -0.39 is 0 Å². The molecule has 2 fully saturated rings. The van der Waals surface area contributed by atoms with Gasteiger partial charge in [-0.25, -0.2) is 0 Å². The van der Waals surface area contributed by atoms with Gasteiger partial charge in [0.05, 0.1) is 11.3 Å². The van der Waals surface area contributed by atoms with Gasteiger partial charge < -0.3 is 16.0 Å². The Kier molecular flexibility index (Phi) is 4.90. The standard InChI is InChI=1S/C25H23N3O3/c29-23(15-8-9-15)28-22-14-17-5-2-1-4-16(17)13-21(22)25(31)27-20-7-3-6-18(12-20)24(30)26-19-10-11-19/h1-7,12-15,19H,8-11H2,(H,26,30)(H,27,31)(H,28,29). The van der Waals surface area contributed by atoms with Gasteiger partial charge in [0.25, 0.3) is 11.8 Å². The third kappa shape index (κ3) is 4.43. The monoisotopic (exact) mass is 413 g/mol. The van der Waals surface area contributed by atoms with Gasteiger partial charge in [0.1, 0.15) is 0 Å². The highest BCUT2D eigenvalue weighted by atomic mass is 16.2. The zero-order valence-corrected chi connectivity index (χ0v) is 17.0. The maximum atomic E-state index is 13.2. The van der Waals surface area contributed by atoms with Gasteiger partial charge in [-0.3, -0.25) is 14.4 Å². The molecule has 0 unspecified atom stereocenters. The SMILES string of the molecule is O=C(NC1CC1)c1cccc(NC(=O)c2cc3ccccc3cc2NC(=O)C2CC2)c1. The van der Waals surface area contributed by atoms with Crippen LogP contribution in [0.1, 0.15) is 46.4 Å². The number of rotatable bonds is 6. The molecule has 6 nitrogen and oxygen atoms in total. The lowest BCUT2D eigenvalue weighted by atomic mass is 10.0. The van der Waals surface area contributed by atoms with E-state index in [0.29, 0.717) is 22.5 Å². The van der Waals surface area contributed by atoms with Crippen LogP contribution in [0.15, 0.2) is 60.7 Å². The number of hydrogen-bond acceptors (Lipinski definition) is 3. The quantitative estimate of drug-likeness (QED) is 0.562. The Bertz CT molecular complexity index is 1200. The zero-order valence-electron chi connectivity index (χ0n) is 17.0. The van der Waals surface area contributed by atoms with E-state index in [-0.39, 0.29) is 29.7 Å². The highest BCUT2D eigenvalue weighted by Crippen LogP contribution is 2.32. The van der Waals surface area contributed by atoms with Gasteiger partial charge in [-0.15, -0.1) is 0 Å². The highest BCUT2D eigenvalue weighted by molar-refractivity contribution is 6.13. The van der Waals surface area contributed by atoms with Crippen LogP contribution in [-0.2, 0) is 4.79 Å². The Hall–Kier alpha value is -3.67. The smallest absolute Gasteiger partial charge is 0.257 e. The topological polar surface area (TPSA) is 87.3 Å². The van der Waals surface area contributed by atoms with Crippen molar-refractivity contribution < 1.29 is 14.4 Å². The van der Waals surface area contributed by atoms with Crippen molar-refractivity contribution in [1.82, 2.24) is 5.32 Å². The van der Waals surface area contributed by atoms with Crippen molar-refractivity contribution in [3.63, 3.8) is 0 Å². The van der Waals surface area contributed by atoms with Gasteiger partial charge in [-0.2, -0.15) is 0 Å². The summed E-state index contributed by atoms with van der Waals surface area (Å²) in [6, 6.07) is 18.5. The summed E-state index contributed by atoms with van der Waals surface area (Å²) >= 11 is 0. The minimum Gasteiger partial charge on any atom is -0.349 e. The molecule has 156 valence electrons. The van der Waals surface area contributed by atoms with Gasteiger partial charge in [-0.05, 0) is 66.8 Å². The first kappa shape index (κ1) is 19.3. The van der Waals surface area contributed by atoms with Crippen LogP contribution in [0.5, 0.6) is 0 Å². The normalized spacial score (nSPS) is 15.4. The van der Waals surface area contributed by atoms with Crippen molar-refractivity contribution in [2.45, 2.75) is 31.7 Å². The van der Waals surface area contributed by atoms with Gasteiger partial charge in [-0.1, -0.05) is 30.3 Å². The Morgan fingerprint density at radius 3 is 2.19 bits per heavy atom. The third-order valence-electron chi connectivity index (χ3n) is 5.63. The highest BCUT2D eigenvalue weighted by Gasteiger charge is 2.30. The largest absolute Gasteiger partial charge is 0.349 e. The van der Waals surface area contributed by atoms with Crippen molar-refractivity contribution in [3.05, 3.63) is 71.8 Å². The number of anilines is 2. The summed E-state index contributed by atoms with van der Waals surface area (Å²) in [5.41, 5.74) is 1.92. The van der Waals surface area contributed by atoms with Gasteiger partial charge in [0, 0.05) is 23.2 Å². The number of carbonyl (C=O) groups excluding carboxylic acids is 3. The lowest BCUT2D eigenvalue weighted by Crippen LogP contribution is -2.25. The predicted octanol–water partition coefficient (Wildman–Crippen LogP) is 4.33. The maximum absolute atomic E-state index is 13.2. The summed E-state index contributed by atoms with van der Waals surface area (Å²) in [6.45, 7) is 0. The molecule has 0 saturated heterocycles. The maximum Gasteiger partial charge on any atom is 0.257 e. The minimum absolute atomic E-state index is 0.0315. The first-order valence-corrected chi connectivity index (χ1v) is 10.6. The first-order chi connectivity index (χ1) is 15.1. The first-order valence-electron chi connectivity index (χ1n) is 10.6. The second kappa shape index (κ2) is 7.87. The summed E-state index contributed by atoms with van der Waals surface area (Å²) in [4.78, 5) is 37.8. The van der Waals surface area contributed by atoms with E-state index in [0.717, 1.165) is 36.5 Å². The summed E-state index contributed by atoms with van der Waals surface area (Å²) < 4.78 is 0. The molecular weight excluding hydrogens is 390 g/mol. The van der Waals surface area contributed by atoms with Crippen LogP contribution in [0.3, 0.4) is 0 Å². The number of fused-ring (bicyclic) bond motifs is 1. The van der Waals surface area contributed by atoms with Crippen LogP contribution >= 0.6 is 0 Å². The molecule has 2 aliphatic carbocycles. The predicted molar refractivity (Wildman–Crippen MR) is 120 cm³/mol. The second-order valence-electron chi connectivity index (χ2n) is 8.29. The molecule has 3 aromatic carbocycles. The molecule has 5 rings (SSSR count). The molecule has 3 N–H and O–H groups in total. The summed E-state index contributed by atoms with van der Waals surface area (Å²) in [6.07, 6.45) is 3.80. The number of amides is 3. The third-order valence-corrected chi connectivity index (χ3v) is 5.63. The number of carbonyl (C=O) groups is 3. The molecular formula is C25H23N3O3. The Morgan fingerprint density at radius 2 is 1.48 bits per heavy atom. The van der Waals surface area contributed by atoms with E-state index >= 15 is 0 Å². The molecule has 0 aromatic heterocycles. The van der Waals surface area contributed by atoms with Crippen LogP contribution in [0.4, 0.5) is 11.4 Å². The van der Waals surface area contributed by atoms with E-state index in [1.54, 1.807) is 30.3 Å². The molecule has 0 heterocycles. The van der Waals surface area contributed by atoms with Crippen molar-refractivity contribution in [2.24, 2.45) is 5.92 Å². The fourth-order valence-corrected chi connectivity index (χ4v) is 3.54. The Morgan fingerprint density at radius 1 is 0.742 bits per heavy atom. The lowest BCUT2D eigenvalue weighted by Gasteiger charge is -2.14. The Labute approximate surface area is 180 Å². The fraction of sp³-hybridized carbons (Fsp3) is 0.240. The molecule has 0 radical (unpaired) electrons. The lowest BCUT2D eigenvalue weighted by molar-refractivity contribution is -0.117.